The Balaban J connectivity index is 1.81. The molecule has 2 atom stereocenters. The Morgan fingerprint density at radius 3 is 3.12 bits per heavy atom. The molecule has 124 valence electrons. The van der Waals surface area contributed by atoms with Crippen molar-refractivity contribution in [1.29, 1.82) is 0 Å². The summed E-state index contributed by atoms with van der Waals surface area (Å²) in [5, 5.41) is 0. The molecule has 0 bridgehead atoms. The third-order valence-corrected chi connectivity index (χ3v) is 4.54. The lowest BCUT2D eigenvalue weighted by molar-refractivity contribution is 0.0482. The van der Waals surface area contributed by atoms with Gasteiger partial charge in [-0.15, -0.1) is 0 Å². The Labute approximate surface area is 138 Å². The van der Waals surface area contributed by atoms with Gasteiger partial charge >= 0.3 is 0 Å². The number of ether oxygens (including phenoxy) is 1. The van der Waals surface area contributed by atoms with Crippen LogP contribution >= 0.6 is 0 Å². The fraction of sp³-hybridized carbons (Fsp3) is 0.353. The first-order valence-corrected chi connectivity index (χ1v) is 7.88. The summed E-state index contributed by atoms with van der Waals surface area (Å²) in [7, 11) is 1.68. The van der Waals surface area contributed by atoms with Gasteiger partial charge in [-0.2, -0.15) is 0 Å². The van der Waals surface area contributed by atoms with Gasteiger partial charge < -0.3 is 9.64 Å². The minimum absolute atomic E-state index is 0.0111. The molecule has 7 heteroatoms. The van der Waals surface area contributed by atoms with E-state index in [9.17, 15) is 9.18 Å². The molecule has 2 aliphatic rings. The van der Waals surface area contributed by atoms with Crippen LogP contribution in [0.3, 0.4) is 0 Å². The Kier molecular flexibility index (Phi) is 3.65. The van der Waals surface area contributed by atoms with E-state index >= 15 is 0 Å². The molecule has 6 nitrogen and oxygen atoms in total. The fourth-order valence-electron chi connectivity index (χ4n) is 3.29. The van der Waals surface area contributed by atoms with E-state index in [-0.39, 0.29) is 23.3 Å². The zero-order valence-corrected chi connectivity index (χ0v) is 13.2. The SMILES string of the molecule is Cn1c(N2CCO[C@@H]3C=CC[C@H]32)nc(-c2ccncc2F)cc1=O. The van der Waals surface area contributed by atoms with Crippen molar-refractivity contribution < 1.29 is 9.13 Å². The van der Waals surface area contributed by atoms with Crippen molar-refractivity contribution in [2.45, 2.75) is 18.6 Å². The van der Waals surface area contributed by atoms with Crippen molar-refractivity contribution in [3.63, 3.8) is 0 Å². The van der Waals surface area contributed by atoms with E-state index in [4.69, 9.17) is 4.74 Å². The summed E-state index contributed by atoms with van der Waals surface area (Å²) in [5.41, 5.74) is 0.375. The molecule has 1 aliphatic heterocycles. The van der Waals surface area contributed by atoms with Crippen LogP contribution < -0.4 is 10.5 Å². The minimum Gasteiger partial charge on any atom is -0.370 e. The van der Waals surface area contributed by atoms with Crippen molar-refractivity contribution in [3.8, 4) is 11.3 Å². The molecule has 0 unspecified atom stereocenters. The highest BCUT2D eigenvalue weighted by atomic mass is 19.1. The molecule has 0 N–H and O–H groups in total. The van der Waals surface area contributed by atoms with Crippen molar-refractivity contribution >= 4 is 5.95 Å². The Hall–Kier alpha value is -2.54. The molecule has 2 aromatic heterocycles. The molecule has 1 aliphatic carbocycles. The molecule has 0 saturated carbocycles. The van der Waals surface area contributed by atoms with E-state index in [1.165, 1.54) is 22.9 Å². The highest BCUT2D eigenvalue weighted by molar-refractivity contribution is 5.60. The van der Waals surface area contributed by atoms with Gasteiger partial charge in [-0.25, -0.2) is 9.37 Å². The lowest BCUT2D eigenvalue weighted by Gasteiger charge is -2.38. The van der Waals surface area contributed by atoms with Crippen LogP contribution in [-0.4, -0.2) is 39.8 Å². The van der Waals surface area contributed by atoms with Crippen LogP contribution in [0.25, 0.3) is 11.3 Å². The molecule has 0 radical (unpaired) electrons. The number of anilines is 1. The number of fused-ring (bicyclic) bond motifs is 1. The van der Waals surface area contributed by atoms with Crippen molar-refractivity contribution in [1.82, 2.24) is 14.5 Å². The van der Waals surface area contributed by atoms with Crippen molar-refractivity contribution in [2.24, 2.45) is 7.05 Å². The average Bonchev–Trinajstić information content (AvgIpc) is 3.06. The molecule has 4 rings (SSSR count). The number of aromatic nitrogens is 3. The molecule has 0 amide bonds. The minimum atomic E-state index is -0.494. The highest BCUT2D eigenvalue weighted by Gasteiger charge is 2.35. The predicted octanol–water partition coefficient (Wildman–Crippen LogP) is 1.52. The first-order chi connectivity index (χ1) is 11.6. The molecule has 1 fully saturated rings. The third kappa shape index (κ3) is 2.41. The molecule has 0 aromatic carbocycles. The lowest BCUT2D eigenvalue weighted by atomic mass is 10.1. The summed E-state index contributed by atoms with van der Waals surface area (Å²) in [4.78, 5) is 22.8. The van der Waals surface area contributed by atoms with E-state index in [2.05, 4.69) is 20.9 Å². The molecule has 0 spiro atoms. The predicted molar refractivity (Wildman–Crippen MR) is 87.3 cm³/mol. The second-order valence-electron chi connectivity index (χ2n) is 5.95. The number of morpholine rings is 1. The van der Waals surface area contributed by atoms with Gasteiger partial charge in [0.05, 0.1) is 30.6 Å². The second-order valence-corrected chi connectivity index (χ2v) is 5.95. The van der Waals surface area contributed by atoms with Gasteiger partial charge in [0.2, 0.25) is 5.95 Å². The van der Waals surface area contributed by atoms with Gasteiger partial charge in [0.25, 0.3) is 5.56 Å². The van der Waals surface area contributed by atoms with Crippen LogP contribution in [0.15, 0.2) is 41.5 Å². The number of rotatable bonds is 2. The van der Waals surface area contributed by atoms with Crippen LogP contribution in [0, 0.1) is 5.82 Å². The molecular weight excluding hydrogens is 311 g/mol. The zero-order valence-electron chi connectivity index (χ0n) is 13.2. The van der Waals surface area contributed by atoms with Gasteiger partial charge in [-0.1, -0.05) is 12.2 Å². The molecule has 1 saturated heterocycles. The monoisotopic (exact) mass is 328 g/mol. The maximum Gasteiger partial charge on any atom is 0.255 e. The largest absolute Gasteiger partial charge is 0.370 e. The van der Waals surface area contributed by atoms with Gasteiger partial charge in [0.1, 0.15) is 0 Å². The van der Waals surface area contributed by atoms with Crippen molar-refractivity contribution in [3.05, 3.63) is 52.8 Å². The molecular formula is C17H17FN4O2. The summed E-state index contributed by atoms with van der Waals surface area (Å²) in [6.07, 6.45) is 7.59. The lowest BCUT2D eigenvalue weighted by Crippen LogP contribution is -2.50. The van der Waals surface area contributed by atoms with Crippen LogP contribution in [-0.2, 0) is 11.8 Å². The van der Waals surface area contributed by atoms with Crippen LogP contribution in [0.4, 0.5) is 10.3 Å². The van der Waals surface area contributed by atoms with E-state index in [1.54, 1.807) is 7.05 Å². The number of hydrogen-bond acceptors (Lipinski definition) is 5. The topological polar surface area (TPSA) is 60.2 Å². The summed E-state index contributed by atoms with van der Waals surface area (Å²) >= 11 is 0. The van der Waals surface area contributed by atoms with Gasteiger partial charge in [-0.05, 0) is 12.5 Å². The van der Waals surface area contributed by atoms with Gasteiger partial charge in [-0.3, -0.25) is 14.3 Å². The van der Waals surface area contributed by atoms with E-state index in [0.29, 0.717) is 24.8 Å². The number of hydrogen-bond donors (Lipinski definition) is 0. The maximum atomic E-state index is 14.0. The highest BCUT2D eigenvalue weighted by Crippen LogP contribution is 2.29. The first-order valence-electron chi connectivity index (χ1n) is 7.88. The average molecular weight is 328 g/mol. The molecule has 3 heterocycles. The van der Waals surface area contributed by atoms with Crippen molar-refractivity contribution in [2.75, 3.05) is 18.1 Å². The number of halogens is 1. The quantitative estimate of drug-likeness (QED) is 0.782. The standard InChI is InChI=1S/C17H17FN4O2/c1-21-16(23)9-13(11-5-6-19-10-12(11)18)20-17(21)22-7-8-24-15-4-2-3-14(15)22/h2,4-6,9-10,14-15H,3,7-8H2,1H3/t14-,15-/m1/s1. The van der Waals surface area contributed by atoms with E-state index in [0.717, 1.165) is 12.6 Å². The number of pyridine rings is 1. The fourth-order valence-corrected chi connectivity index (χ4v) is 3.29. The van der Waals surface area contributed by atoms with Crippen LogP contribution in [0.2, 0.25) is 0 Å². The number of nitrogens with zero attached hydrogens (tertiary/aromatic N) is 4. The Bertz CT molecular complexity index is 864. The molecule has 2 aromatic rings. The molecule has 24 heavy (non-hydrogen) atoms. The first kappa shape index (κ1) is 15.0. The summed E-state index contributed by atoms with van der Waals surface area (Å²) in [5.74, 6) is 0.0438. The van der Waals surface area contributed by atoms with Crippen LogP contribution in [0.1, 0.15) is 6.42 Å². The van der Waals surface area contributed by atoms with Gasteiger partial charge in [0.15, 0.2) is 5.82 Å². The van der Waals surface area contributed by atoms with E-state index < -0.39 is 5.82 Å². The second kappa shape index (κ2) is 5.83. The maximum absolute atomic E-state index is 14.0. The zero-order chi connectivity index (χ0) is 16.7. The van der Waals surface area contributed by atoms with Gasteiger partial charge in [0, 0.05) is 31.4 Å². The Morgan fingerprint density at radius 2 is 2.29 bits per heavy atom. The Morgan fingerprint density at radius 1 is 1.42 bits per heavy atom. The summed E-state index contributed by atoms with van der Waals surface area (Å²) in [6.45, 7) is 1.21. The van der Waals surface area contributed by atoms with E-state index in [1.807, 2.05) is 6.08 Å². The smallest absolute Gasteiger partial charge is 0.255 e. The summed E-state index contributed by atoms with van der Waals surface area (Å²) < 4.78 is 21.3. The normalized spacial score (nSPS) is 22.7. The summed E-state index contributed by atoms with van der Waals surface area (Å²) in [6, 6.07) is 3.00. The van der Waals surface area contributed by atoms with Crippen LogP contribution in [0.5, 0.6) is 0 Å². The third-order valence-electron chi connectivity index (χ3n) is 4.54.